The van der Waals surface area contributed by atoms with Gasteiger partial charge in [0.15, 0.2) is 0 Å². The van der Waals surface area contributed by atoms with Crippen molar-refractivity contribution in [3.05, 3.63) is 0 Å². The molecule has 0 aliphatic carbocycles. The Labute approximate surface area is 81.4 Å². The van der Waals surface area contributed by atoms with Gasteiger partial charge in [0.2, 0.25) is 0 Å². The van der Waals surface area contributed by atoms with Crippen LogP contribution in [0.25, 0.3) is 0 Å². The Hall–Kier alpha value is -0.120. The summed E-state index contributed by atoms with van der Waals surface area (Å²) in [6.45, 7) is 7.83. The van der Waals surface area contributed by atoms with E-state index in [1.807, 2.05) is 0 Å². The highest BCUT2D eigenvalue weighted by Gasteiger charge is 2.10. The standard InChI is InChI=1S/C10H22N2O/c1-10(9-13-2)11-5-8-12-6-3-4-7-12/h10-11H,3-9H2,1-2H3. The van der Waals surface area contributed by atoms with Gasteiger partial charge >= 0.3 is 0 Å². The molecule has 1 aliphatic rings. The number of hydrogen-bond donors (Lipinski definition) is 1. The molecule has 0 radical (unpaired) electrons. The minimum atomic E-state index is 0.479. The summed E-state index contributed by atoms with van der Waals surface area (Å²) in [6, 6.07) is 0.479. The molecule has 1 N–H and O–H groups in total. The Morgan fingerprint density at radius 3 is 2.69 bits per heavy atom. The van der Waals surface area contributed by atoms with Gasteiger partial charge in [0.05, 0.1) is 6.61 Å². The van der Waals surface area contributed by atoms with Crippen molar-refractivity contribution in [3.8, 4) is 0 Å². The Bertz CT molecular complexity index is 124. The zero-order valence-corrected chi connectivity index (χ0v) is 8.88. The van der Waals surface area contributed by atoms with Gasteiger partial charge in [-0.3, -0.25) is 0 Å². The van der Waals surface area contributed by atoms with Crippen molar-refractivity contribution < 1.29 is 4.74 Å². The maximum Gasteiger partial charge on any atom is 0.0613 e. The van der Waals surface area contributed by atoms with Gasteiger partial charge in [-0.1, -0.05) is 0 Å². The van der Waals surface area contributed by atoms with Crippen molar-refractivity contribution in [3.63, 3.8) is 0 Å². The maximum absolute atomic E-state index is 5.05. The highest BCUT2D eigenvalue weighted by atomic mass is 16.5. The van der Waals surface area contributed by atoms with Crippen molar-refractivity contribution in [2.24, 2.45) is 0 Å². The van der Waals surface area contributed by atoms with E-state index in [0.717, 1.165) is 13.2 Å². The van der Waals surface area contributed by atoms with Crippen LogP contribution in [0.5, 0.6) is 0 Å². The van der Waals surface area contributed by atoms with E-state index >= 15 is 0 Å². The summed E-state index contributed by atoms with van der Waals surface area (Å²) in [5.74, 6) is 0. The average molecular weight is 186 g/mol. The smallest absolute Gasteiger partial charge is 0.0613 e. The van der Waals surface area contributed by atoms with Crippen LogP contribution in [0.15, 0.2) is 0 Å². The molecule has 1 rings (SSSR count). The first-order chi connectivity index (χ1) is 6.33. The Balaban J connectivity index is 1.93. The number of hydrogen-bond acceptors (Lipinski definition) is 3. The predicted molar refractivity (Wildman–Crippen MR) is 55.0 cm³/mol. The van der Waals surface area contributed by atoms with Gasteiger partial charge in [0.25, 0.3) is 0 Å². The van der Waals surface area contributed by atoms with E-state index in [9.17, 15) is 0 Å². The number of nitrogens with one attached hydrogen (secondary N) is 1. The second kappa shape index (κ2) is 6.35. The summed E-state index contributed by atoms with van der Waals surface area (Å²) in [7, 11) is 1.75. The fourth-order valence-corrected chi connectivity index (χ4v) is 1.78. The van der Waals surface area contributed by atoms with Gasteiger partial charge in [-0.25, -0.2) is 0 Å². The van der Waals surface area contributed by atoms with Crippen LogP contribution in [0.3, 0.4) is 0 Å². The van der Waals surface area contributed by atoms with Crippen LogP contribution in [0.1, 0.15) is 19.8 Å². The number of nitrogens with zero attached hydrogens (tertiary/aromatic N) is 1. The van der Waals surface area contributed by atoms with Crippen LogP contribution < -0.4 is 5.32 Å². The molecule has 1 aliphatic heterocycles. The molecule has 1 fully saturated rings. The second-order valence-corrected chi connectivity index (χ2v) is 3.86. The number of ether oxygens (including phenoxy) is 1. The summed E-state index contributed by atoms with van der Waals surface area (Å²) in [5, 5.41) is 3.44. The quantitative estimate of drug-likeness (QED) is 0.661. The molecule has 1 unspecified atom stereocenters. The molecule has 1 heterocycles. The van der Waals surface area contributed by atoms with E-state index in [0.29, 0.717) is 6.04 Å². The monoisotopic (exact) mass is 186 g/mol. The Kier molecular flexibility index (Phi) is 5.35. The highest BCUT2D eigenvalue weighted by molar-refractivity contribution is 4.68. The molecule has 1 saturated heterocycles. The van der Waals surface area contributed by atoms with Gasteiger partial charge < -0.3 is 15.0 Å². The third-order valence-corrected chi connectivity index (χ3v) is 2.54. The van der Waals surface area contributed by atoms with Crippen molar-refractivity contribution in [2.45, 2.75) is 25.8 Å². The third-order valence-electron chi connectivity index (χ3n) is 2.54. The lowest BCUT2D eigenvalue weighted by molar-refractivity contribution is 0.170. The zero-order chi connectivity index (χ0) is 9.52. The minimum Gasteiger partial charge on any atom is -0.383 e. The second-order valence-electron chi connectivity index (χ2n) is 3.86. The maximum atomic E-state index is 5.05. The highest BCUT2D eigenvalue weighted by Crippen LogP contribution is 2.05. The largest absolute Gasteiger partial charge is 0.383 e. The fourth-order valence-electron chi connectivity index (χ4n) is 1.78. The first kappa shape index (κ1) is 11.0. The Morgan fingerprint density at radius 2 is 2.08 bits per heavy atom. The van der Waals surface area contributed by atoms with Crippen molar-refractivity contribution >= 4 is 0 Å². The topological polar surface area (TPSA) is 24.5 Å². The van der Waals surface area contributed by atoms with E-state index in [2.05, 4.69) is 17.1 Å². The molecule has 3 heteroatoms. The summed E-state index contributed by atoms with van der Waals surface area (Å²) in [6.07, 6.45) is 2.77. The third kappa shape index (κ3) is 4.60. The molecule has 0 aromatic rings. The Morgan fingerprint density at radius 1 is 1.38 bits per heavy atom. The van der Waals surface area contributed by atoms with Crippen LogP contribution in [0.2, 0.25) is 0 Å². The number of rotatable bonds is 6. The fraction of sp³-hybridized carbons (Fsp3) is 1.00. The molecule has 0 aromatic carbocycles. The lowest BCUT2D eigenvalue weighted by Crippen LogP contribution is -2.36. The van der Waals surface area contributed by atoms with Gasteiger partial charge in [-0.05, 0) is 32.9 Å². The molecule has 0 spiro atoms. The van der Waals surface area contributed by atoms with Crippen LogP contribution >= 0.6 is 0 Å². The lowest BCUT2D eigenvalue weighted by Gasteiger charge is -2.17. The normalized spacial score (nSPS) is 20.8. The van der Waals surface area contributed by atoms with E-state index in [4.69, 9.17) is 4.74 Å². The van der Waals surface area contributed by atoms with Gasteiger partial charge in [-0.15, -0.1) is 0 Å². The first-order valence-electron chi connectivity index (χ1n) is 5.27. The SMILES string of the molecule is COCC(C)NCCN1CCCC1. The summed E-state index contributed by atoms with van der Waals surface area (Å²) >= 11 is 0. The molecule has 0 saturated carbocycles. The molecule has 0 aromatic heterocycles. The predicted octanol–water partition coefficient (Wildman–Crippen LogP) is 0.707. The number of likely N-dealkylation sites (tertiary alicyclic amines) is 1. The van der Waals surface area contributed by atoms with Crippen molar-refractivity contribution in [2.75, 3.05) is 39.9 Å². The van der Waals surface area contributed by atoms with E-state index in [1.165, 1.54) is 32.5 Å². The lowest BCUT2D eigenvalue weighted by atomic mass is 10.3. The summed E-state index contributed by atoms with van der Waals surface area (Å²) < 4.78 is 5.05. The molecule has 78 valence electrons. The van der Waals surface area contributed by atoms with E-state index < -0.39 is 0 Å². The molecule has 3 nitrogen and oxygen atoms in total. The average Bonchev–Trinajstić information content (AvgIpc) is 2.57. The first-order valence-corrected chi connectivity index (χ1v) is 5.27. The van der Waals surface area contributed by atoms with E-state index in [-0.39, 0.29) is 0 Å². The molecule has 13 heavy (non-hydrogen) atoms. The summed E-state index contributed by atoms with van der Waals surface area (Å²) in [4.78, 5) is 2.52. The van der Waals surface area contributed by atoms with Crippen molar-refractivity contribution in [1.29, 1.82) is 0 Å². The minimum absolute atomic E-state index is 0.479. The summed E-state index contributed by atoms with van der Waals surface area (Å²) in [5.41, 5.74) is 0. The zero-order valence-electron chi connectivity index (χ0n) is 8.88. The van der Waals surface area contributed by atoms with Crippen molar-refractivity contribution in [1.82, 2.24) is 10.2 Å². The van der Waals surface area contributed by atoms with Crippen LogP contribution in [0, 0.1) is 0 Å². The molecular weight excluding hydrogens is 164 g/mol. The van der Waals surface area contributed by atoms with Gasteiger partial charge in [-0.2, -0.15) is 0 Å². The molecule has 1 atom stereocenters. The molecule has 0 bridgehead atoms. The molecule has 0 amide bonds. The van der Waals surface area contributed by atoms with Crippen LogP contribution in [-0.4, -0.2) is 50.8 Å². The van der Waals surface area contributed by atoms with Crippen LogP contribution in [-0.2, 0) is 4.74 Å². The van der Waals surface area contributed by atoms with E-state index in [1.54, 1.807) is 7.11 Å². The molecular formula is C10H22N2O. The number of methoxy groups -OCH3 is 1. The van der Waals surface area contributed by atoms with Gasteiger partial charge in [0.1, 0.15) is 0 Å². The van der Waals surface area contributed by atoms with Gasteiger partial charge in [0, 0.05) is 26.2 Å². The van der Waals surface area contributed by atoms with Crippen LogP contribution in [0.4, 0.5) is 0 Å².